The Bertz CT molecular complexity index is 1110. The number of aromatic nitrogens is 1. The molecule has 2 N–H and O–H groups in total. The number of pyridine rings is 1. The zero-order chi connectivity index (χ0) is 21.8. The zero-order valence-corrected chi connectivity index (χ0v) is 18.5. The Morgan fingerprint density at radius 1 is 1.10 bits per heavy atom. The van der Waals surface area contributed by atoms with Crippen LogP contribution in [0, 0.1) is 5.82 Å². The maximum atomic E-state index is 14.1. The molecule has 0 atom stereocenters. The molecule has 2 aromatic carbocycles. The van der Waals surface area contributed by atoms with E-state index < -0.39 is 0 Å². The van der Waals surface area contributed by atoms with Gasteiger partial charge in [0.1, 0.15) is 5.82 Å². The lowest BCUT2D eigenvalue weighted by atomic mass is 9.93. The minimum Gasteiger partial charge on any atom is -0.385 e. The van der Waals surface area contributed by atoms with Crippen molar-refractivity contribution in [3.8, 4) is 11.3 Å². The maximum Gasteiger partial charge on any atom is 0.124 e. The van der Waals surface area contributed by atoms with Crippen molar-refractivity contribution in [2.24, 2.45) is 0 Å². The van der Waals surface area contributed by atoms with Crippen LogP contribution in [-0.4, -0.2) is 11.5 Å². The average Bonchev–Trinajstić information content (AvgIpc) is 2.78. The number of nitrogens with one attached hydrogen (secondary N) is 2. The highest BCUT2D eigenvalue weighted by Gasteiger charge is 2.19. The molecule has 160 valence electrons. The van der Waals surface area contributed by atoms with E-state index >= 15 is 0 Å². The summed E-state index contributed by atoms with van der Waals surface area (Å²) in [5, 5.41) is 7.52. The van der Waals surface area contributed by atoms with Gasteiger partial charge >= 0.3 is 0 Å². The van der Waals surface area contributed by atoms with Gasteiger partial charge in [0, 0.05) is 45.5 Å². The molecule has 0 unspecified atom stereocenters. The van der Waals surface area contributed by atoms with Crippen molar-refractivity contribution in [3.63, 3.8) is 0 Å². The second kappa shape index (κ2) is 9.52. The van der Waals surface area contributed by atoms with E-state index in [2.05, 4.69) is 24.1 Å². The first-order chi connectivity index (χ1) is 15.1. The van der Waals surface area contributed by atoms with Crippen molar-refractivity contribution in [3.05, 3.63) is 82.8 Å². The Morgan fingerprint density at radius 2 is 1.90 bits per heavy atom. The van der Waals surface area contributed by atoms with Crippen LogP contribution in [0.5, 0.6) is 0 Å². The molecular weight excluding hydrogens is 409 g/mol. The van der Waals surface area contributed by atoms with Crippen LogP contribution in [0.2, 0.25) is 5.02 Å². The third kappa shape index (κ3) is 4.75. The van der Waals surface area contributed by atoms with Crippen LogP contribution in [0.4, 0.5) is 15.8 Å². The highest BCUT2D eigenvalue weighted by atomic mass is 35.5. The molecule has 1 aromatic heterocycles. The monoisotopic (exact) mass is 435 g/mol. The van der Waals surface area contributed by atoms with Gasteiger partial charge in [-0.2, -0.15) is 0 Å². The number of fused-ring (bicyclic) bond motifs is 1. The van der Waals surface area contributed by atoms with Crippen molar-refractivity contribution in [1.82, 2.24) is 4.98 Å². The van der Waals surface area contributed by atoms with E-state index in [9.17, 15) is 4.39 Å². The molecule has 0 fully saturated rings. The van der Waals surface area contributed by atoms with E-state index in [1.165, 1.54) is 17.7 Å². The van der Waals surface area contributed by atoms with Crippen LogP contribution in [-0.2, 0) is 12.8 Å². The fourth-order valence-corrected chi connectivity index (χ4v) is 4.27. The number of halogens is 2. The van der Waals surface area contributed by atoms with Gasteiger partial charge in [-0.1, -0.05) is 43.3 Å². The first kappa shape index (κ1) is 21.4. The standard InChI is InChI=1S/C26H27ClFN3/c1-3-14-29-23-13-12-18(28)15-21(23)17(2)30-26-16-25(19-8-4-6-10-22(19)27)31-24-11-7-5-9-20(24)26/h4,6,8,10,12-13,15-16,29H,2-3,5,7,9,11,14H2,1H3,(H,30,31). The molecule has 1 heterocycles. The molecule has 0 bridgehead atoms. The van der Waals surface area contributed by atoms with Gasteiger partial charge in [-0.25, -0.2) is 4.39 Å². The molecule has 3 nitrogen and oxygen atoms in total. The van der Waals surface area contributed by atoms with E-state index in [4.69, 9.17) is 16.6 Å². The summed E-state index contributed by atoms with van der Waals surface area (Å²) in [4.78, 5) is 4.93. The molecule has 4 rings (SSSR count). The lowest BCUT2D eigenvalue weighted by Gasteiger charge is -2.23. The van der Waals surface area contributed by atoms with Gasteiger partial charge in [0.05, 0.1) is 5.69 Å². The summed E-state index contributed by atoms with van der Waals surface area (Å²) in [6, 6.07) is 14.5. The van der Waals surface area contributed by atoms with Gasteiger partial charge in [0.2, 0.25) is 0 Å². The molecule has 0 saturated heterocycles. The summed E-state index contributed by atoms with van der Waals surface area (Å²) in [5.41, 5.74) is 7.28. The normalized spacial score (nSPS) is 12.9. The zero-order valence-electron chi connectivity index (χ0n) is 17.8. The van der Waals surface area contributed by atoms with Gasteiger partial charge in [-0.3, -0.25) is 4.98 Å². The lowest BCUT2D eigenvalue weighted by molar-refractivity contribution is 0.627. The van der Waals surface area contributed by atoms with Crippen molar-refractivity contribution >= 4 is 28.7 Å². The second-order valence-electron chi connectivity index (χ2n) is 7.89. The third-order valence-electron chi connectivity index (χ3n) is 5.61. The molecule has 1 aliphatic rings. The van der Waals surface area contributed by atoms with Crippen molar-refractivity contribution in [2.75, 3.05) is 17.2 Å². The summed E-state index contributed by atoms with van der Waals surface area (Å²) in [6.07, 6.45) is 5.14. The minimum absolute atomic E-state index is 0.284. The predicted molar refractivity (Wildman–Crippen MR) is 129 cm³/mol. The summed E-state index contributed by atoms with van der Waals surface area (Å²) >= 11 is 6.45. The Hall–Kier alpha value is -2.85. The Morgan fingerprint density at radius 3 is 2.71 bits per heavy atom. The average molecular weight is 436 g/mol. The Kier molecular flexibility index (Phi) is 6.57. The SMILES string of the molecule is C=C(Nc1cc(-c2ccccc2Cl)nc2c1CCCC2)c1cc(F)ccc1NCCC. The molecule has 0 radical (unpaired) electrons. The number of aryl methyl sites for hydroxylation is 1. The second-order valence-corrected chi connectivity index (χ2v) is 8.29. The summed E-state index contributed by atoms with van der Waals surface area (Å²) in [5.74, 6) is -0.284. The number of hydrogen-bond donors (Lipinski definition) is 2. The molecule has 0 aliphatic heterocycles. The van der Waals surface area contributed by atoms with Crippen LogP contribution in [0.15, 0.2) is 55.1 Å². The van der Waals surface area contributed by atoms with E-state index in [1.54, 1.807) is 6.07 Å². The van der Waals surface area contributed by atoms with Gasteiger partial charge in [-0.15, -0.1) is 0 Å². The first-order valence-electron chi connectivity index (χ1n) is 10.8. The molecular formula is C26H27ClFN3. The third-order valence-corrected chi connectivity index (χ3v) is 5.94. The lowest BCUT2D eigenvalue weighted by Crippen LogP contribution is -2.12. The predicted octanol–water partition coefficient (Wildman–Crippen LogP) is 7.32. The number of benzene rings is 2. The Labute approximate surface area is 188 Å². The minimum atomic E-state index is -0.284. The highest BCUT2D eigenvalue weighted by molar-refractivity contribution is 6.33. The van der Waals surface area contributed by atoms with Crippen molar-refractivity contribution in [1.29, 1.82) is 0 Å². The van der Waals surface area contributed by atoms with Crippen LogP contribution in [0.25, 0.3) is 17.0 Å². The van der Waals surface area contributed by atoms with E-state index in [0.717, 1.165) is 72.5 Å². The fraction of sp³-hybridized carbons (Fsp3) is 0.269. The molecule has 0 spiro atoms. The number of hydrogen-bond acceptors (Lipinski definition) is 3. The molecule has 31 heavy (non-hydrogen) atoms. The Balaban J connectivity index is 1.73. The van der Waals surface area contributed by atoms with Crippen LogP contribution < -0.4 is 10.6 Å². The van der Waals surface area contributed by atoms with Crippen molar-refractivity contribution in [2.45, 2.75) is 39.0 Å². The number of anilines is 2. The topological polar surface area (TPSA) is 37.0 Å². The molecule has 3 aromatic rings. The van der Waals surface area contributed by atoms with E-state index in [-0.39, 0.29) is 5.82 Å². The fourth-order valence-electron chi connectivity index (χ4n) is 4.03. The molecule has 5 heteroatoms. The summed E-state index contributed by atoms with van der Waals surface area (Å²) < 4.78 is 14.1. The van der Waals surface area contributed by atoms with Gasteiger partial charge < -0.3 is 10.6 Å². The molecule has 1 aliphatic carbocycles. The van der Waals surface area contributed by atoms with Crippen molar-refractivity contribution < 1.29 is 4.39 Å². The highest BCUT2D eigenvalue weighted by Crippen LogP contribution is 2.35. The summed E-state index contributed by atoms with van der Waals surface area (Å²) in [6.45, 7) is 7.15. The van der Waals surface area contributed by atoms with E-state index in [1.807, 2.05) is 30.3 Å². The van der Waals surface area contributed by atoms with Gasteiger partial charge in [-0.05, 0) is 68.0 Å². The first-order valence-corrected chi connectivity index (χ1v) is 11.2. The molecule has 0 saturated carbocycles. The smallest absolute Gasteiger partial charge is 0.124 e. The van der Waals surface area contributed by atoms with Crippen LogP contribution >= 0.6 is 11.6 Å². The maximum absolute atomic E-state index is 14.1. The van der Waals surface area contributed by atoms with Crippen LogP contribution in [0.1, 0.15) is 43.0 Å². The largest absolute Gasteiger partial charge is 0.385 e. The number of nitrogens with zero attached hydrogens (tertiary/aromatic N) is 1. The molecule has 0 amide bonds. The van der Waals surface area contributed by atoms with E-state index in [0.29, 0.717) is 10.7 Å². The van der Waals surface area contributed by atoms with Gasteiger partial charge in [0.25, 0.3) is 0 Å². The summed E-state index contributed by atoms with van der Waals surface area (Å²) in [7, 11) is 0. The van der Waals surface area contributed by atoms with Crippen LogP contribution in [0.3, 0.4) is 0 Å². The van der Waals surface area contributed by atoms with Gasteiger partial charge in [0.15, 0.2) is 0 Å². The quantitative estimate of drug-likeness (QED) is 0.408. The number of rotatable bonds is 7.